The van der Waals surface area contributed by atoms with Gasteiger partial charge in [0.15, 0.2) is 23.0 Å². The highest BCUT2D eigenvalue weighted by molar-refractivity contribution is 7.09. The number of carbonyl (C=O) groups excluding carboxylic acids is 2. The molecule has 134 valence electrons. The van der Waals surface area contributed by atoms with E-state index in [1.54, 1.807) is 6.07 Å². The number of rotatable bonds is 5. The maximum atomic E-state index is 12.7. The summed E-state index contributed by atoms with van der Waals surface area (Å²) in [4.78, 5) is 27.8. The van der Waals surface area contributed by atoms with E-state index < -0.39 is 17.7 Å². The third-order valence-corrected chi connectivity index (χ3v) is 5.60. The lowest BCUT2D eigenvalue weighted by molar-refractivity contribution is -0.130. The number of amides is 1. The zero-order chi connectivity index (χ0) is 18.4. The highest BCUT2D eigenvalue weighted by Gasteiger charge is 2.47. The van der Waals surface area contributed by atoms with Crippen LogP contribution in [0.1, 0.15) is 29.3 Å². The van der Waals surface area contributed by atoms with Gasteiger partial charge in [-0.25, -0.2) is 0 Å². The number of phenolic OH excluding ortho intramolecular Hbond substituents is 2. The van der Waals surface area contributed by atoms with Crippen LogP contribution in [0.4, 0.5) is 0 Å². The fourth-order valence-electron chi connectivity index (χ4n) is 3.26. The van der Waals surface area contributed by atoms with Gasteiger partial charge in [-0.3, -0.25) is 9.59 Å². The third kappa shape index (κ3) is 2.74. The van der Waals surface area contributed by atoms with Gasteiger partial charge in [-0.2, -0.15) is 0 Å². The van der Waals surface area contributed by atoms with Crippen LogP contribution in [-0.4, -0.2) is 31.9 Å². The lowest BCUT2D eigenvalue weighted by atomic mass is 9.94. The van der Waals surface area contributed by atoms with Gasteiger partial charge in [0, 0.05) is 10.8 Å². The van der Waals surface area contributed by atoms with Crippen LogP contribution in [0, 0.1) is 5.92 Å². The average Bonchev–Trinajstić information content (AvgIpc) is 3.30. The fourth-order valence-corrected chi connectivity index (χ4v) is 3.96. The number of carbonyl (C=O) groups is 2. The Bertz CT molecular complexity index is 914. The van der Waals surface area contributed by atoms with Crippen LogP contribution in [0.5, 0.6) is 11.5 Å². The van der Waals surface area contributed by atoms with Crippen molar-refractivity contribution in [2.45, 2.75) is 25.4 Å². The van der Waals surface area contributed by atoms with Crippen molar-refractivity contribution in [1.82, 2.24) is 4.90 Å². The minimum atomic E-state index is -0.788. The number of thiophene rings is 1. The SMILES string of the molecule is O=C(C1=C(O)C(=O)N(Cc2cccs2)C1c1ccc(O)c(O)c1)C1CC1. The Morgan fingerprint density at radius 1 is 1.15 bits per heavy atom. The maximum absolute atomic E-state index is 12.7. The number of nitrogens with zero attached hydrogens (tertiary/aromatic N) is 1. The first-order valence-corrected chi connectivity index (χ1v) is 9.18. The molecule has 2 heterocycles. The van der Waals surface area contributed by atoms with Gasteiger partial charge in [-0.1, -0.05) is 12.1 Å². The third-order valence-electron chi connectivity index (χ3n) is 4.74. The number of Topliss-reactive ketones (excluding diaryl/α,β-unsaturated/α-hetero) is 1. The van der Waals surface area contributed by atoms with E-state index in [4.69, 9.17) is 0 Å². The molecule has 0 saturated heterocycles. The molecule has 7 heteroatoms. The van der Waals surface area contributed by atoms with Crippen molar-refractivity contribution in [3.05, 3.63) is 57.5 Å². The number of aliphatic hydroxyl groups excluding tert-OH is 1. The lowest BCUT2D eigenvalue weighted by Gasteiger charge is -2.26. The smallest absolute Gasteiger partial charge is 0.290 e. The molecule has 1 aliphatic heterocycles. The molecule has 6 nitrogen and oxygen atoms in total. The van der Waals surface area contributed by atoms with Crippen molar-refractivity contribution in [3.8, 4) is 11.5 Å². The maximum Gasteiger partial charge on any atom is 0.290 e. The number of hydrogen-bond donors (Lipinski definition) is 3. The molecule has 0 spiro atoms. The first kappa shape index (κ1) is 16.7. The van der Waals surface area contributed by atoms with Crippen LogP contribution in [0.3, 0.4) is 0 Å². The van der Waals surface area contributed by atoms with Crippen LogP contribution in [-0.2, 0) is 16.1 Å². The van der Waals surface area contributed by atoms with Gasteiger partial charge in [-0.05, 0) is 42.0 Å². The number of benzene rings is 1. The molecule has 1 saturated carbocycles. The average molecular weight is 371 g/mol. The summed E-state index contributed by atoms with van der Waals surface area (Å²) in [5.41, 5.74) is 0.553. The lowest BCUT2D eigenvalue weighted by Crippen LogP contribution is -2.30. The standard InChI is InChI=1S/C19H17NO5S/c21-13-6-5-11(8-14(13)22)16-15(17(23)10-3-4-10)18(24)19(25)20(16)9-12-2-1-7-26-12/h1-2,5-8,10,16,21-22,24H,3-4,9H2. The van der Waals surface area contributed by atoms with E-state index in [0.29, 0.717) is 5.56 Å². The molecule has 4 rings (SSSR count). The summed E-state index contributed by atoms with van der Waals surface area (Å²) in [5.74, 6) is -2.12. The van der Waals surface area contributed by atoms with E-state index in [9.17, 15) is 24.9 Å². The van der Waals surface area contributed by atoms with Crippen LogP contribution >= 0.6 is 11.3 Å². The van der Waals surface area contributed by atoms with E-state index in [-0.39, 0.29) is 35.3 Å². The molecular weight excluding hydrogens is 354 g/mol. The number of ketones is 1. The van der Waals surface area contributed by atoms with Gasteiger partial charge in [0.1, 0.15) is 0 Å². The Labute approximate surface area is 153 Å². The second-order valence-electron chi connectivity index (χ2n) is 6.56. The summed E-state index contributed by atoms with van der Waals surface area (Å²) in [5, 5.41) is 31.8. The first-order valence-electron chi connectivity index (χ1n) is 8.30. The van der Waals surface area contributed by atoms with E-state index in [1.807, 2.05) is 17.5 Å². The summed E-state index contributed by atoms with van der Waals surface area (Å²) in [7, 11) is 0. The largest absolute Gasteiger partial charge is 0.504 e. The Morgan fingerprint density at radius 2 is 1.92 bits per heavy atom. The normalized spacial score (nSPS) is 20.1. The molecule has 1 unspecified atom stereocenters. The number of aliphatic hydroxyl groups is 1. The van der Waals surface area contributed by atoms with Gasteiger partial charge in [0.05, 0.1) is 18.2 Å². The van der Waals surface area contributed by atoms with Crippen LogP contribution < -0.4 is 0 Å². The van der Waals surface area contributed by atoms with Gasteiger partial charge >= 0.3 is 0 Å². The molecule has 0 bridgehead atoms. The molecule has 1 aromatic carbocycles. The van der Waals surface area contributed by atoms with E-state index in [2.05, 4.69) is 0 Å². The quantitative estimate of drug-likeness (QED) is 0.702. The van der Waals surface area contributed by atoms with Gasteiger partial charge < -0.3 is 20.2 Å². The summed E-state index contributed by atoms with van der Waals surface area (Å²) in [6.07, 6.45) is 1.50. The molecule has 26 heavy (non-hydrogen) atoms. The Hall–Kier alpha value is -2.80. The van der Waals surface area contributed by atoms with Crippen LogP contribution in [0.15, 0.2) is 47.0 Å². The van der Waals surface area contributed by atoms with Gasteiger partial charge in [0.2, 0.25) is 0 Å². The second-order valence-corrected chi connectivity index (χ2v) is 7.60. The summed E-state index contributed by atoms with van der Waals surface area (Å²) < 4.78 is 0. The zero-order valence-electron chi connectivity index (χ0n) is 13.8. The summed E-state index contributed by atoms with van der Waals surface area (Å²) in [6.45, 7) is 0.244. The molecule has 2 aromatic rings. The Morgan fingerprint density at radius 3 is 2.54 bits per heavy atom. The van der Waals surface area contributed by atoms with Crippen LogP contribution in [0.2, 0.25) is 0 Å². The van der Waals surface area contributed by atoms with Gasteiger partial charge in [-0.15, -0.1) is 11.3 Å². The molecule has 2 aliphatic rings. The van der Waals surface area contributed by atoms with Crippen molar-refractivity contribution < 1.29 is 24.9 Å². The molecule has 1 amide bonds. The Kier molecular flexibility index (Phi) is 3.96. The van der Waals surface area contributed by atoms with Crippen molar-refractivity contribution in [1.29, 1.82) is 0 Å². The molecule has 0 radical (unpaired) electrons. The fraction of sp³-hybridized carbons (Fsp3) is 0.263. The highest BCUT2D eigenvalue weighted by Crippen LogP contribution is 2.45. The molecule has 1 atom stereocenters. The second kappa shape index (κ2) is 6.17. The molecule has 1 aromatic heterocycles. The minimum Gasteiger partial charge on any atom is -0.504 e. The molecule has 1 aliphatic carbocycles. The minimum absolute atomic E-state index is 0.0825. The number of phenols is 2. The first-order chi connectivity index (χ1) is 12.5. The Balaban J connectivity index is 1.79. The molecular formula is C19H17NO5S. The zero-order valence-corrected chi connectivity index (χ0v) is 14.6. The predicted octanol–water partition coefficient (Wildman–Crippen LogP) is 3.03. The topological polar surface area (TPSA) is 98.1 Å². The summed E-state index contributed by atoms with van der Waals surface area (Å²) >= 11 is 1.48. The predicted molar refractivity (Wildman–Crippen MR) is 94.8 cm³/mol. The highest BCUT2D eigenvalue weighted by atomic mass is 32.1. The van der Waals surface area contributed by atoms with Crippen molar-refractivity contribution in [2.24, 2.45) is 5.92 Å². The number of hydrogen-bond acceptors (Lipinski definition) is 6. The molecule has 3 N–H and O–H groups in total. The molecule has 1 fully saturated rings. The van der Waals surface area contributed by atoms with E-state index in [1.165, 1.54) is 28.4 Å². The van der Waals surface area contributed by atoms with Crippen molar-refractivity contribution >= 4 is 23.0 Å². The van der Waals surface area contributed by atoms with E-state index in [0.717, 1.165) is 17.7 Å². The van der Waals surface area contributed by atoms with E-state index >= 15 is 0 Å². The number of aromatic hydroxyl groups is 2. The van der Waals surface area contributed by atoms with Crippen LogP contribution in [0.25, 0.3) is 0 Å². The monoisotopic (exact) mass is 371 g/mol. The summed E-state index contributed by atoms with van der Waals surface area (Å²) in [6, 6.07) is 7.14. The van der Waals surface area contributed by atoms with Gasteiger partial charge in [0.25, 0.3) is 5.91 Å². The van der Waals surface area contributed by atoms with Crippen molar-refractivity contribution in [2.75, 3.05) is 0 Å². The van der Waals surface area contributed by atoms with Crippen molar-refractivity contribution in [3.63, 3.8) is 0 Å².